The molecule has 0 aliphatic carbocycles. The van der Waals surface area contributed by atoms with E-state index in [-0.39, 0.29) is 23.9 Å². The van der Waals surface area contributed by atoms with Crippen LogP contribution in [0.1, 0.15) is 19.8 Å². The highest BCUT2D eigenvalue weighted by Crippen LogP contribution is 2.26. The van der Waals surface area contributed by atoms with E-state index in [0.717, 1.165) is 16.4 Å². The van der Waals surface area contributed by atoms with E-state index in [1.54, 1.807) is 6.92 Å². The monoisotopic (exact) mass is 357 g/mol. The molecule has 0 spiro atoms. The van der Waals surface area contributed by atoms with Crippen molar-refractivity contribution in [2.45, 2.75) is 30.7 Å². The molecule has 1 aliphatic rings. The Kier molecular flexibility index (Phi) is 5.89. The number of amides is 2. The summed E-state index contributed by atoms with van der Waals surface area (Å²) >= 11 is 0. The third kappa shape index (κ3) is 4.09. The minimum absolute atomic E-state index is 0.0627. The van der Waals surface area contributed by atoms with Gasteiger partial charge in [-0.2, -0.15) is 4.31 Å². The second-order valence-electron chi connectivity index (χ2n) is 5.40. The van der Waals surface area contributed by atoms with Gasteiger partial charge in [0.2, 0.25) is 21.8 Å². The molecule has 1 aromatic carbocycles. The Morgan fingerprint density at radius 2 is 1.92 bits per heavy atom. The van der Waals surface area contributed by atoms with Crippen molar-refractivity contribution in [3.8, 4) is 0 Å². The molecule has 24 heavy (non-hydrogen) atoms. The molecule has 0 saturated carbocycles. The smallest absolute Gasteiger partial charge is 0.243 e. The van der Waals surface area contributed by atoms with Crippen molar-refractivity contribution < 1.29 is 22.4 Å². The number of hydrogen-bond donors (Lipinski definition) is 2. The van der Waals surface area contributed by atoms with Crippen LogP contribution in [0.25, 0.3) is 0 Å². The van der Waals surface area contributed by atoms with E-state index in [2.05, 4.69) is 10.6 Å². The Bertz CT molecular complexity index is 706. The first-order chi connectivity index (χ1) is 11.4. The van der Waals surface area contributed by atoms with Crippen molar-refractivity contribution in [3.05, 3.63) is 30.1 Å². The molecule has 132 valence electrons. The lowest BCUT2D eigenvalue weighted by Crippen LogP contribution is -2.48. The van der Waals surface area contributed by atoms with Crippen LogP contribution in [0.3, 0.4) is 0 Å². The molecule has 7 nitrogen and oxygen atoms in total. The molecule has 1 aliphatic heterocycles. The molecule has 1 saturated heterocycles. The zero-order valence-corrected chi connectivity index (χ0v) is 14.1. The van der Waals surface area contributed by atoms with Crippen LogP contribution in [0, 0.1) is 5.82 Å². The molecule has 2 N–H and O–H groups in total. The summed E-state index contributed by atoms with van der Waals surface area (Å²) in [4.78, 5) is 23.6. The number of likely N-dealkylation sites (N-methyl/N-ethyl adjacent to an activating group) is 1. The van der Waals surface area contributed by atoms with Crippen LogP contribution in [0.5, 0.6) is 0 Å². The fourth-order valence-corrected chi connectivity index (χ4v) is 4.23. The summed E-state index contributed by atoms with van der Waals surface area (Å²) in [6.45, 7) is 2.21. The van der Waals surface area contributed by atoms with Gasteiger partial charge in [0.15, 0.2) is 0 Å². The second kappa shape index (κ2) is 7.71. The van der Waals surface area contributed by atoms with Crippen LogP contribution in [-0.4, -0.2) is 50.2 Å². The zero-order valence-electron chi connectivity index (χ0n) is 13.3. The number of carbonyl (C=O) groups excluding carboxylic acids is 2. The third-order valence-electron chi connectivity index (χ3n) is 3.72. The molecule has 1 heterocycles. The van der Waals surface area contributed by atoms with E-state index in [0.29, 0.717) is 19.4 Å². The molecule has 0 aromatic heterocycles. The maximum absolute atomic E-state index is 13.0. The molecule has 1 fully saturated rings. The Morgan fingerprint density at radius 1 is 1.25 bits per heavy atom. The third-order valence-corrected chi connectivity index (χ3v) is 5.65. The van der Waals surface area contributed by atoms with Crippen molar-refractivity contribution in [2.24, 2.45) is 0 Å². The summed E-state index contributed by atoms with van der Waals surface area (Å²) in [5.74, 6) is -1.38. The number of carbonyl (C=O) groups is 2. The predicted molar refractivity (Wildman–Crippen MR) is 85.0 cm³/mol. The van der Waals surface area contributed by atoms with Gasteiger partial charge in [-0.25, -0.2) is 12.8 Å². The van der Waals surface area contributed by atoms with Gasteiger partial charge in [-0.05, 0) is 44.0 Å². The van der Waals surface area contributed by atoms with Crippen LogP contribution in [0.2, 0.25) is 0 Å². The Hall–Kier alpha value is -2.00. The van der Waals surface area contributed by atoms with Gasteiger partial charge in [-0.3, -0.25) is 9.59 Å². The summed E-state index contributed by atoms with van der Waals surface area (Å²) in [6, 6.07) is 3.61. The molecule has 2 rings (SSSR count). The maximum atomic E-state index is 13.0. The van der Waals surface area contributed by atoms with Gasteiger partial charge in [-0.15, -0.1) is 0 Å². The number of hydrogen-bond acceptors (Lipinski definition) is 4. The predicted octanol–water partition coefficient (Wildman–Crippen LogP) is 0.231. The molecule has 1 aromatic rings. The zero-order chi connectivity index (χ0) is 17.7. The van der Waals surface area contributed by atoms with Gasteiger partial charge in [-0.1, -0.05) is 0 Å². The lowest BCUT2D eigenvalue weighted by atomic mass is 10.2. The van der Waals surface area contributed by atoms with E-state index < -0.39 is 27.8 Å². The van der Waals surface area contributed by atoms with Crippen molar-refractivity contribution in [2.75, 3.05) is 19.6 Å². The van der Waals surface area contributed by atoms with Gasteiger partial charge in [0.1, 0.15) is 11.9 Å². The topological polar surface area (TPSA) is 95.6 Å². The summed E-state index contributed by atoms with van der Waals surface area (Å²) in [7, 11) is -3.89. The van der Waals surface area contributed by atoms with E-state index in [9.17, 15) is 22.4 Å². The lowest BCUT2D eigenvalue weighted by Gasteiger charge is -2.23. The minimum Gasteiger partial charge on any atom is -0.355 e. The van der Waals surface area contributed by atoms with Crippen LogP contribution < -0.4 is 10.6 Å². The highest BCUT2D eigenvalue weighted by atomic mass is 32.2. The Morgan fingerprint density at radius 3 is 2.54 bits per heavy atom. The average Bonchev–Trinajstić information content (AvgIpc) is 3.04. The van der Waals surface area contributed by atoms with Crippen LogP contribution >= 0.6 is 0 Å². The van der Waals surface area contributed by atoms with E-state index >= 15 is 0 Å². The van der Waals surface area contributed by atoms with Gasteiger partial charge in [0.25, 0.3) is 0 Å². The fraction of sp³-hybridized carbons (Fsp3) is 0.467. The number of nitrogens with one attached hydrogen (secondary N) is 2. The summed E-state index contributed by atoms with van der Waals surface area (Å²) in [6.07, 6.45) is 0.918. The van der Waals surface area contributed by atoms with Crippen molar-refractivity contribution in [1.82, 2.24) is 14.9 Å². The van der Waals surface area contributed by atoms with Crippen LogP contribution in [0.4, 0.5) is 4.39 Å². The fourth-order valence-electron chi connectivity index (χ4n) is 2.58. The molecule has 2 amide bonds. The molecule has 0 radical (unpaired) electrons. The van der Waals surface area contributed by atoms with Gasteiger partial charge < -0.3 is 10.6 Å². The van der Waals surface area contributed by atoms with Gasteiger partial charge >= 0.3 is 0 Å². The van der Waals surface area contributed by atoms with Crippen LogP contribution in [0.15, 0.2) is 29.2 Å². The number of benzene rings is 1. The number of halogens is 1. The Labute approximate surface area is 140 Å². The van der Waals surface area contributed by atoms with Crippen molar-refractivity contribution in [1.29, 1.82) is 0 Å². The first-order valence-electron chi connectivity index (χ1n) is 7.68. The number of sulfonamides is 1. The van der Waals surface area contributed by atoms with E-state index in [4.69, 9.17) is 0 Å². The molecule has 1 unspecified atom stereocenters. The molecule has 0 bridgehead atoms. The largest absolute Gasteiger partial charge is 0.355 e. The average molecular weight is 357 g/mol. The summed E-state index contributed by atoms with van der Waals surface area (Å²) in [5, 5.41) is 5.00. The molecular formula is C15H20FN3O4S. The van der Waals surface area contributed by atoms with Gasteiger partial charge in [0, 0.05) is 13.1 Å². The van der Waals surface area contributed by atoms with E-state index in [1.807, 2.05) is 0 Å². The summed E-state index contributed by atoms with van der Waals surface area (Å²) in [5.41, 5.74) is 0. The molecular weight excluding hydrogens is 337 g/mol. The molecule has 9 heteroatoms. The highest BCUT2D eigenvalue weighted by molar-refractivity contribution is 7.89. The summed E-state index contributed by atoms with van der Waals surface area (Å²) < 4.78 is 39.4. The molecule has 1 atom stereocenters. The SMILES string of the molecule is CCNC(=O)CNC(=O)C1CCCN1S(=O)(=O)c1ccc(F)cc1. The first-order valence-corrected chi connectivity index (χ1v) is 9.12. The van der Waals surface area contributed by atoms with Crippen molar-refractivity contribution >= 4 is 21.8 Å². The number of nitrogens with zero attached hydrogens (tertiary/aromatic N) is 1. The number of rotatable bonds is 6. The standard InChI is InChI=1S/C15H20FN3O4S/c1-2-17-14(20)10-18-15(21)13-4-3-9-19(13)24(22,23)12-7-5-11(16)6-8-12/h5-8,13H,2-4,9-10H2,1H3,(H,17,20)(H,18,21). The first kappa shape index (κ1) is 18.3. The Balaban J connectivity index is 2.10. The van der Waals surface area contributed by atoms with Gasteiger partial charge in [0.05, 0.1) is 11.4 Å². The maximum Gasteiger partial charge on any atom is 0.243 e. The highest BCUT2D eigenvalue weighted by Gasteiger charge is 2.39. The minimum atomic E-state index is -3.89. The normalized spacial score (nSPS) is 18.3. The lowest BCUT2D eigenvalue weighted by molar-refractivity contribution is -0.127. The quantitative estimate of drug-likeness (QED) is 0.762. The van der Waals surface area contributed by atoms with Crippen molar-refractivity contribution in [3.63, 3.8) is 0 Å². The van der Waals surface area contributed by atoms with E-state index in [1.165, 1.54) is 12.1 Å². The van der Waals surface area contributed by atoms with Crippen LogP contribution in [-0.2, 0) is 19.6 Å². The second-order valence-corrected chi connectivity index (χ2v) is 7.29.